The molecule has 1 unspecified atom stereocenters. The molecule has 0 saturated heterocycles. The van der Waals surface area contributed by atoms with Crippen molar-refractivity contribution in [2.75, 3.05) is 13.7 Å². The Balaban J connectivity index is 1.67. The number of methoxy groups -OCH3 is 1. The maximum Gasteiger partial charge on any atom is 0.343 e. The quantitative estimate of drug-likeness (QED) is 0.270. The summed E-state index contributed by atoms with van der Waals surface area (Å²) in [6.45, 7) is 2.67. The van der Waals surface area contributed by atoms with E-state index in [4.69, 9.17) is 24.7 Å². The highest BCUT2D eigenvalue weighted by Gasteiger charge is 2.33. The van der Waals surface area contributed by atoms with Crippen LogP contribution >= 0.6 is 0 Å². The van der Waals surface area contributed by atoms with Crippen molar-refractivity contribution in [1.82, 2.24) is 0 Å². The molecule has 0 bridgehead atoms. The Morgan fingerprint density at radius 1 is 1.06 bits per heavy atom. The van der Waals surface area contributed by atoms with E-state index in [1.165, 1.54) is 7.11 Å². The van der Waals surface area contributed by atoms with Crippen LogP contribution in [0.2, 0.25) is 0 Å². The SMILES string of the molecule is CCCCOc1ccccc1C1C(C#N)=C(N)Oc2cc(OC(=O)c3cccc(OC)c3)ccc21. The van der Waals surface area contributed by atoms with Gasteiger partial charge in [-0.1, -0.05) is 43.7 Å². The summed E-state index contributed by atoms with van der Waals surface area (Å²) in [5.41, 5.74) is 8.34. The highest BCUT2D eigenvalue weighted by atomic mass is 16.5. The zero-order valence-electron chi connectivity index (χ0n) is 19.6. The summed E-state index contributed by atoms with van der Waals surface area (Å²) < 4.78 is 22.5. The van der Waals surface area contributed by atoms with Gasteiger partial charge >= 0.3 is 5.97 Å². The van der Waals surface area contributed by atoms with Crippen LogP contribution in [0.5, 0.6) is 23.0 Å². The van der Waals surface area contributed by atoms with Crippen molar-refractivity contribution in [2.24, 2.45) is 5.73 Å². The number of rotatable bonds is 8. The molecule has 35 heavy (non-hydrogen) atoms. The predicted molar refractivity (Wildman–Crippen MR) is 131 cm³/mol. The second-order valence-corrected chi connectivity index (χ2v) is 7.99. The van der Waals surface area contributed by atoms with E-state index in [9.17, 15) is 10.1 Å². The number of esters is 1. The Morgan fingerprint density at radius 3 is 2.66 bits per heavy atom. The Hall–Kier alpha value is -4.44. The zero-order valence-corrected chi connectivity index (χ0v) is 19.6. The average molecular weight is 471 g/mol. The van der Waals surface area contributed by atoms with Crippen LogP contribution in [0.25, 0.3) is 0 Å². The maximum absolute atomic E-state index is 12.7. The molecular weight excluding hydrogens is 444 g/mol. The van der Waals surface area contributed by atoms with Crippen molar-refractivity contribution >= 4 is 5.97 Å². The molecule has 3 aromatic rings. The molecule has 0 amide bonds. The summed E-state index contributed by atoms with van der Waals surface area (Å²) in [6.07, 6.45) is 1.93. The standard InChI is InChI=1S/C28H26N2O5/c1-3-4-14-33-24-11-6-5-10-21(24)26-22-13-12-20(16-25(22)35-27(30)23(26)17-29)34-28(31)18-8-7-9-19(15-18)32-2/h5-13,15-16,26H,3-4,14,30H2,1-2H3. The second-order valence-electron chi connectivity index (χ2n) is 7.99. The van der Waals surface area contributed by atoms with Crippen molar-refractivity contribution in [3.05, 3.63) is 94.9 Å². The Labute approximate surface area is 204 Å². The predicted octanol–water partition coefficient (Wildman–Crippen LogP) is 5.31. The van der Waals surface area contributed by atoms with Gasteiger partial charge < -0.3 is 24.7 Å². The summed E-state index contributed by atoms with van der Waals surface area (Å²) in [6, 6.07) is 21.5. The summed E-state index contributed by atoms with van der Waals surface area (Å²) in [5.74, 6) is 0.925. The van der Waals surface area contributed by atoms with E-state index in [1.54, 1.807) is 42.5 Å². The van der Waals surface area contributed by atoms with Crippen LogP contribution < -0.4 is 24.7 Å². The minimum Gasteiger partial charge on any atom is -0.497 e. The van der Waals surface area contributed by atoms with Gasteiger partial charge in [0, 0.05) is 17.2 Å². The molecule has 1 aliphatic rings. The number of nitrogens with zero attached hydrogens (tertiary/aromatic N) is 1. The fourth-order valence-corrected chi connectivity index (χ4v) is 3.91. The lowest BCUT2D eigenvalue weighted by molar-refractivity contribution is 0.0734. The normalized spacial score (nSPS) is 14.4. The molecule has 3 aromatic carbocycles. The highest BCUT2D eigenvalue weighted by molar-refractivity contribution is 5.91. The molecule has 1 heterocycles. The number of unbranched alkanes of at least 4 members (excludes halogenated alkanes) is 1. The maximum atomic E-state index is 12.7. The minimum absolute atomic E-state index is 0.00429. The number of ether oxygens (including phenoxy) is 4. The van der Waals surface area contributed by atoms with E-state index in [2.05, 4.69) is 13.0 Å². The lowest BCUT2D eigenvalue weighted by atomic mass is 9.83. The van der Waals surface area contributed by atoms with Gasteiger partial charge in [0.25, 0.3) is 0 Å². The first kappa shape index (κ1) is 23.7. The molecule has 0 saturated carbocycles. The van der Waals surface area contributed by atoms with Gasteiger partial charge in [-0.2, -0.15) is 5.26 Å². The number of carbonyl (C=O) groups is 1. The lowest BCUT2D eigenvalue weighted by Gasteiger charge is -2.28. The van der Waals surface area contributed by atoms with Gasteiger partial charge in [0.15, 0.2) is 0 Å². The molecule has 0 radical (unpaired) electrons. The molecule has 2 N–H and O–H groups in total. The van der Waals surface area contributed by atoms with Crippen LogP contribution in [0.4, 0.5) is 0 Å². The van der Waals surface area contributed by atoms with E-state index in [-0.39, 0.29) is 11.6 Å². The zero-order chi connectivity index (χ0) is 24.8. The topological polar surface area (TPSA) is 104 Å². The first-order chi connectivity index (χ1) is 17.0. The first-order valence-corrected chi connectivity index (χ1v) is 11.3. The van der Waals surface area contributed by atoms with Crippen LogP contribution in [-0.4, -0.2) is 19.7 Å². The van der Waals surface area contributed by atoms with Crippen LogP contribution in [-0.2, 0) is 0 Å². The Morgan fingerprint density at radius 2 is 1.89 bits per heavy atom. The molecule has 7 nitrogen and oxygen atoms in total. The van der Waals surface area contributed by atoms with Crippen LogP contribution in [0, 0.1) is 11.3 Å². The van der Waals surface area contributed by atoms with E-state index < -0.39 is 11.9 Å². The average Bonchev–Trinajstić information content (AvgIpc) is 2.88. The van der Waals surface area contributed by atoms with Gasteiger partial charge in [-0.3, -0.25) is 0 Å². The number of benzene rings is 3. The number of fused-ring (bicyclic) bond motifs is 1. The van der Waals surface area contributed by atoms with Crippen molar-refractivity contribution < 1.29 is 23.7 Å². The van der Waals surface area contributed by atoms with Crippen molar-refractivity contribution in [3.8, 4) is 29.1 Å². The summed E-state index contributed by atoms with van der Waals surface area (Å²) in [5, 5.41) is 9.88. The summed E-state index contributed by atoms with van der Waals surface area (Å²) in [4.78, 5) is 12.7. The monoisotopic (exact) mass is 470 g/mol. The van der Waals surface area contributed by atoms with Gasteiger partial charge in [0.2, 0.25) is 5.88 Å². The second kappa shape index (κ2) is 10.7. The molecule has 0 aliphatic carbocycles. The molecule has 7 heteroatoms. The molecule has 178 valence electrons. The molecular formula is C28H26N2O5. The van der Waals surface area contributed by atoms with Crippen molar-refractivity contribution in [3.63, 3.8) is 0 Å². The number of para-hydroxylation sites is 1. The van der Waals surface area contributed by atoms with Crippen molar-refractivity contribution in [1.29, 1.82) is 5.26 Å². The van der Waals surface area contributed by atoms with Crippen LogP contribution in [0.1, 0.15) is 47.2 Å². The molecule has 1 aliphatic heterocycles. The largest absolute Gasteiger partial charge is 0.497 e. The van der Waals surface area contributed by atoms with E-state index in [0.717, 1.165) is 24.0 Å². The van der Waals surface area contributed by atoms with Gasteiger partial charge in [0.05, 0.1) is 25.2 Å². The molecule has 0 fully saturated rings. The minimum atomic E-state index is -0.535. The molecule has 4 rings (SSSR count). The smallest absolute Gasteiger partial charge is 0.343 e. The van der Waals surface area contributed by atoms with Crippen molar-refractivity contribution in [2.45, 2.75) is 25.7 Å². The lowest BCUT2D eigenvalue weighted by Crippen LogP contribution is -2.21. The van der Waals surface area contributed by atoms with Gasteiger partial charge in [-0.05, 0) is 36.8 Å². The third-order valence-electron chi connectivity index (χ3n) is 5.69. The third-order valence-corrected chi connectivity index (χ3v) is 5.69. The van der Waals surface area contributed by atoms with E-state index >= 15 is 0 Å². The summed E-state index contributed by atoms with van der Waals surface area (Å²) in [7, 11) is 1.53. The van der Waals surface area contributed by atoms with Gasteiger partial charge in [-0.15, -0.1) is 0 Å². The Bertz CT molecular complexity index is 1310. The first-order valence-electron chi connectivity index (χ1n) is 11.3. The highest BCUT2D eigenvalue weighted by Crippen LogP contribution is 2.46. The molecule has 0 spiro atoms. The van der Waals surface area contributed by atoms with Gasteiger partial charge in [0.1, 0.15) is 34.6 Å². The fraction of sp³-hybridized carbons (Fsp3) is 0.214. The number of carbonyl (C=O) groups excluding carboxylic acids is 1. The number of hydrogen-bond acceptors (Lipinski definition) is 7. The van der Waals surface area contributed by atoms with Crippen LogP contribution in [0.3, 0.4) is 0 Å². The molecule has 1 atom stereocenters. The van der Waals surface area contributed by atoms with Gasteiger partial charge in [-0.25, -0.2) is 4.79 Å². The molecule has 0 aromatic heterocycles. The van der Waals surface area contributed by atoms with E-state index in [0.29, 0.717) is 35.0 Å². The number of nitriles is 1. The fourth-order valence-electron chi connectivity index (χ4n) is 3.91. The number of nitrogens with two attached hydrogens (primary N) is 1. The number of allylic oxidation sites excluding steroid dienone is 1. The number of hydrogen-bond donors (Lipinski definition) is 1. The third kappa shape index (κ3) is 5.07. The van der Waals surface area contributed by atoms with Crippen LogP contribution in [0.15, 0.2) is 78.2 Å². The Kier molecular flexibility index (Phi) is 7.22. The summed E-state index contributed by atoms with van der Waals surface area (Å²) >= 11 is 0. The van der Waals surface area contributed by atoms with E-state index in [1.807, 2.05) is 24.3 Å².